The molecule has 2 heterocycles. The van der Waals surface area contributed by atoms with E-state index < -0.39 is 0 Å². The van der Waals surface area contributed by atoms with Crippen molar-refractivity contribution < 1.29 is 4.79 Å². The van der Waals surface area contributed by atoms with Crippen LogP contribution in [0.15, 0.2) is 79.0 Å². The summed E-state index contributed by atoms with van der Waals surface area (Å²) in [5, 5.41) is 15.3. The zero-order chi connectivity index (χ0) is 22.9. The largest absolute Gasteiger partial charge is 0.356 e. The Hall–Kier alpha value is -3.85. The van der Waals surface area contributed by atoms with Gasteiger partial charge in [0.05, 0.1) is 11.6 Å². The first kappa shape index (κ1) is 22.3. The van der Waals surface area contributed by atoms with Crippen LogP contribution in [-0.2, 0) is 6.42 Å². The highest BCUT2D eigenvalue weighted by Gasteiger charge is 2.23. The predicted molar refractivity (Wildman–Crippen MR) is 130 cm³/mol. The quantitative estimate of drug-likeness (QED) is 0.564. The first-order valence-electron chi connectivity index (χ1n) is 11.5. The first-order chi connectivity index (χ1) is 16.2. The van der Waals surface area contributed by atoms with Gasteiger partial charge in [-0.2, -0.15) is 5.26 Å². The molecule has 2 aromatic carbocycles. The van der Waals surface area contributed by atoms with E-state index in [0.717, 1.165) is 50.2 Å². The molecule has 6 heteroatoms. The highest BCUT2D eigenvalue weighted by molar-refractivity contribution is 5.74. The van der Waals surface area contributed by atoms with Gasteiger partial charge in [-0.1, -0.05) is 60.7 Å². The van der Waals surface area contributed by atoms with Crippen LogP contribution in [0.3, 0.4) is 0 Å². The van der Waals surface area contributed by atoms with Gasteiger partial charge < -0.3 is 15.5 Å². The number of urea groups is 1. The van der Waals surface area contributed by atoms with Gasteiger partial charge in [-0.15, -0.1) is 0 Å². The molecule has 0 bridgehead atoms. The minimum atomic E-state index is -0.119. The zero-order valence-electron chi connectivity index (χ0n) is 18.7. The maximum absolute atomic E-state index is 12.8. The van der Waals surface area contributed by atoms with Crippen molar-refractivity contribution in [2.45, 2.75) is 37.8 Å². The van der Waals surface area contributed by atoms with Crippen molar-refractivity contribution in [2.75, 3.05) is 18.0 Å². The number of aryl methyl sites for hydroxylation is 1. The molecule has 2 amide bonds. The molecule has 1 fully saturated rings. The molecule has 0 radical (unpaired) electrons. The molecule has 1 unspecified atom stereocenters. The van der Waals surface area contributed by atoms with Crippen LogP contribution in [-0.4, -0.2) is 30.1 Å². The number of pyridine rings is 1. The summed E-state index contributed by atoms with van der Waals surface area (Å²) >= 11 is 0. The van der Waals surface area contributed by atoms with Crippen molar-refractivity contribution in [2.24, 2.45) is 0 Å². The molecule has 1 aliphatic rings. The molecule has 0 spiro atoms. The van der Waals surface area contributed by atoms with Gasteiger partial charge in [0.2, 0.25) is 0 Å². The number of carbonyl (C=O) groups excluding carboxylic acids is 1. The molecule has 1 aliphatic heterocycles. The van der Waals surface area contributed by atoms with Crippen LogP contribution in [0, 0.1) is 11.3 Å². The second kappa shape index (κ2) is 11.1. The summed E-state index contributed by atoms with van der Waals surface area (Å²) in [5.41, 5.74) is 2.95. The van der Waals surface area contributed by atoms with E-state index in [9.17, 15) is 4.79 Å². The number of nitriles is 1. The van der Waals surface area contributed by atoms with Crippen molar-refractivity contribution in [3.8, 4) is 6.07 Å². The smallest absolute Gasteiger partial charge is 0.315 e. The lowest BCUT2D eigenvalue weighted by molar-refractivity contribution is 0.230. The third kappa shape index (κ3) is 6.33. The zero-order valence-corrected chi connectivity index (χ0v) is 18.7. The lowest BCUT2D eigenvalue weighted by atomic mass is 9.99. The Bertz CT molecular complexity index is 1060. The van der Waals surface area contributed by atoms with Gasteiger partial charge in [0, 0.05) is 25.3 Å². The Kier molecular flexibility index (Phi) is 7.55. The highest BCUT2D eigenvalue weighted by Crippen LogP contribution is 2.21. The topological polar surface area (TPSA) is 81.0 Å². The van der Waals surface area contributed by atoms with Gasteiger partial charge >= 0.3 is 6.03 Å². The normalized spacial score (nSPS) is 14.8. The number of hydrogen-bond acceptors (Lipinski definition) is 4. The van der Waals surface area contributed by atoms with E-state index in [0.29, 0.717) is 5.56 Å². The van der Waals surface area contributed by atoms with E-state index in [1.54, 1.807) is 12.3 Å². The van der Waals surface area contributed by atoms with Crippen LogP contribution in [0.4, 0.5) is 10.6 Å². The third-order valence-corrected chi connectivity index (χ3v) is 6.10. The molecule has 6 nitrogen and oxygen atoms in total. The summed E-state index contributed by atoms with van der Waals surface area (Å²) in [7, 11) is 0. The minimum absolute atomic E-state index is 0.0469. The van der Waals surface area contributed by atoms with Crippen LogP contribution < -0.4 is 15.5 Å². The number of anilines is 1. The number of benzene rings is 2. The number of aromatic nitrogens is 1. The Morgan fingerprint density at radius 3 is 2.36 bits per heavy atom. The summed E-state index contributed by atoms with van der Waals surface area (Å²) in [5.74, 6) is 0.877. The van der Waals surface area contributed by atoms with E-state index in [1.165, 1.54) is 5.56 Å². The average Bonchev–Trinajstić information content (AvgIpc) is 2.88. The molecular weight excluding hydrogens is 410 g/mol. The standard InChI is InChI=1S/C27H29N5O/c28-19-22-12-14-26(29-20-22)32-17-15-24(16-18-32)30-27(33)31-25(23-9-5-2-6-10-23)13-11-21-7-3-1-4-8-21/h1-10,12,14,20,24-25H,11,13,15-18H2,(H2,30,31,33). The lowest BCUT2D eigenvalue weighted by Gasteiger charge is -2.33. The van der Waals surface area contributed by atoms with Crippen molar-refractivity contribution in [3.63, 3.8) is 0 Å². The molecule has 1 aromatic heterocycles. The fourth-order valence-electron chi connectivity index (χ4n) is 4.24. The summed E-state index contributed by atoms with van der Waals surface area (Å²) in [4.78, 5) is 19.4. The molecule has 168 valence electrons. The molecule has 0 aliphatic carbocycles. The number of nitrogens with one attached hydrogen (secondary N) is 2. The molecule has 33 heavy (non-hydrogen) atoms. The van der Waals surface area contributed by atoms with E-state index in [4.69, 9.17) is 5.26 Å². The van der Waals surface area contributed by atoms with Gasteiger partial charge in [-0.25, -0.2) is 9.78 Å². The number of nitrogens with zero attached hydrogens (tertiary/aromatic N) is 3. The maximum atomic E-state index is 12.8. The fraction of sp³-hybridized carbons (Fsp3) is 0.296. The number of carbonyl (C=O) groups is 1. The van der Waals surface area contributed by atoms with Crippen LogP contribution >= 0.6 is 0 Å². The summed E-state index contributed by atoms with van der Waals surface area (Å²) in [6.45, 7) is 1.64. The molecule has 1 atom stereocenters. The summed E-state index contributed by atoms with van der Waals surface area (Å²) in [6.07, 6.45) is 5.05. The van der Waals surface area contributed by atoms with Crippen molar-refractivity contribution in [1.29, 1.82) is 5.26 Å². The van der Waals surface area contributed by atoms with Crippen LogP contribution in [0.2, 0.25) is 0 Å². The highest BCUT2D eigenvalue weighted by atomic mass is 16.2. The third-order valence-electron chi connectivity index (χ3n) is 6.10. The van der Waals surface area contributed by atoms with Gasteiger partial charge in [0.15, 0.2) is 0 Å². The van der Waals surface area contributed by atoms with Crippen LogP contribution in [0.5, 0.6) is 0 Å². The molecule has 0 saturated carbocycles. The SMILES string of the molecule is N#Cc1ccc(N2CCC(NC(=O)NC(CCc3ccccc3)c3ccccc3)CC2)nc1. The van der Waals surface area contributed by atoms with E-state index in [2.05, 4.69) is 50.9 Å². The van der Waals surface area contributed by atoms with Crippen LogP contribution in [0.1, 0.15) is 42.0 Å². The fourth-order valence-corrected chi connectivity index (χ4v) is 4.24. The van der Waals surface area contributed by atoms with Gasteiger partial charge in [-0.05, 0) is 48.9 Å². The van der Waals surface area contributed by atoms with E-state index in [1.807, 2.05) is 42.5 Å². The van der Waals surface area contributed by atoms with Crippen molar-refractivity contribution in [1.82, 2.24) is 15.6 Å². The van der Waals surface area contributed by atoms with Gasteiger partial charge in [0.25, 0.3) is 0 Å². The Balaban J connectivity index is 1.30. The second-order valence-electron chi connectivity index (χ2n) is 8.38. The van der Waals surface area contributed by atoms with Crippen LogP contribution in [0.25, 0.3) is 0 Å². The lowest BCUT2D eigenvalue weighted by Crippen LogP contribution is -2.48. The van der Waals surface area contributed by atoms with Crippen molar-refractivity contribution in [3.05, 3.63) is 95.7 Å². The molecule has 3 aromatic rings. The minimum Gasteiger partial charge on any atom is -0.356 e. The average molecular weight is 440 g/mol. The summed E-state index contributed by atoms with van der Waals surface area (Å²) in [6, 6.07) is 26.3. The summed E-state index contributed by atoms with van der Waals surface area (Å²) < 4.78 is 0. The molecule has 2 N–H and O–H groups in total. The first-order valence-corrected chi connectivity index (χ1v) is 11.5. The Morgan fingerprint density at radius 1 is 1.03 bits per heavy atom. The number of amides is 2. The number of rotatable bonds is 7. The van der Waals surface area contributed by atoms with E-state index in [-0.39, 0.29) is 18.1 Å². The molecular formula is C27H29N5O. The Labute approximate surface area is 195 Å². The van der Waals surface area contributed by atoms with Gasteiger partial charge in [-0.3, -0.25) is 0 Å². The Morgan fingerprint density at radius 2 is 1.73 bits per heavy atom. The van der Waals surface area contributed by atoms with Crippen molar-refractivity contribution >= 4 is 11.8 Å². The maximum Gasteiger partial charge on any atom is 0.315 e. The number of piperidine rings is 1. The monoisotopic (exact) mass is 439 g/mol. The molecule has 4 rings (SSSR count). The van der Waals surface area contributed by atoms with Gasteiger partial charge in [0.1, 0.15) is 11.9 Å². The molecule has 1 saturated heterocycles. The second-order valence-corrected chi connectivity index (χ2v) is 8.38. The number of hydrogen-bond donors (Lipinski definition) is 2. The van der Waals surface area contributed by atoms with E-state index >= 15 is 0 Å². The predicted octanol–water partition coefficient (Wildman–Crippen LogP) is 4.60.